The van der Waals surface area contributed by atoms with E-state index in [0.717, 1.165) is 11.4 Å². The third-order valence-corrected chi connectivity index (χ3v) is 11.1. The number of aromatic nitrogens is 1. The first-order valence-electron chi connectivity index (χ1n) is 14.8. The molecule has 0 fully saturated rings. The number of halogens is 1. The van der Waals surface area contributed by atoms with Gasteiger partial charge < -0.3 is 4.57 Å². The van der Waals surface area contributed by atoms with Crippen LogP contribution in [0.2, 0.25) is 5.02 Å². The molecule has 9 rings (SSSR count). The first-order chi connectivity index (χ1) is 21.0. The molecule has 0 spiro atoms. The summed E-state index contributed by atoms with van der Waals surface area (Å²) in [6.45, 7) is 4.72. The predicted octanol–water partition coefficient (Wildman–Crippen LogP) is 11.5. The molecule has 2 aliphatic rings. The van der Waals surface area contributed by atoms with Crippen molar-refractivity contribution in [2.75, 3.05) is 0 Å². The van der Waals surface area contributed by atoms with Crippen LogP contribution >= 0.6 is 23.4 Å². The third-order valence-electron chi connectivity index (χ3n) is 9.55. The van der Waals surface area contributed by atoms with Gasteiger partial charge in [-0.05, 0) is 99.1 Å². The van der Waals surface area contributed by atoms with Crippen LogP contribution in [0.15, 0.2) is 131 Å². The van der Waals surface area contributed by atoms with Crippen molar-refractivity contribution in [3.05, 3.63) is 149 Å². The van der Waals surface area contributed by atoms with E-state index in [1.165, 1.54) is 81.8 Å². The Balaban J connectivity index is 1.26. The summed E-state index contributed by atoms with van der Waals surface area (Å²) < 4.78 is 2.44. The third kappa shape index (κ3) is 3.67. The standard InChI is InChI=1S/C40H28ClNS/c1-40(2)33-12-7-6-11-28(33)29-22-31-30-19-24(17-18-36(30)42(37(31)23-34(29)40)27-9-4-3-5-10-27)25-15-16-26-20-32-35(41)13-8-14-38(32)43-39(26)21-25/h3-19,21-23H,20H2,1-2H3. The molecule has 7 aromatic rings. The maximum Gasteiger partial charge on any atom is 0.0544 e. The number of fused-ring (bicyclic) bond motifs is 8. The average molecular weight is 590 g/mol. The minimum Gasteiger partial charge on any atom is -0.309 e. The molecule has 1 aliphatic heterocycles. The first-order valence-corrected chi connectivity index (χ1v) is 16.0. The van der Waals surface area contributed by atoms with Gasteiger partial charge in [0.1, 0.15) is 0 Å². The monoisotopic (exact) mass is 589 g/mol. The Kier molecular flexibility index (Phi) is 5.37. The minimum atomic E-state index is -0.0487. The number of hydrogen-bond acceptors (Lipinski definition) is 1. The Hall–Kier alpha value is -4.24. The van der Waals surface area contributed by atoms with Crippen LogP contribution in [0.25, 0.3) is 49.7 Å². The normalized spacial score (nSPS) is 14.4. The Morgan fingerprint density at radius 2 is 1.40 bits per heavy atom. The van der Waals surface area contributed by atoms with Crippen molar-refractivity contribution in [3.63, 3.8) is 0 Å². The van der Waals surface area contributed by atoms with Crippen LogP contribution in [0, 0.1) is 0 Å². The molecule has 0 unspecified atom stereocenters. The van der Waals surface area contributed by atoms with E-state index in [1.807, 2.05) is 17.8 Å². The smallest absolute Gasteiger partial charge is 0.0544 e. The molecule has 1 aliphatic carbocycles. The average Bonchev–Trinajstić information content (AvgIpc) is 3.47. The van der Waals surface area contributed by atoms with Gasteiger partial charge in [-0.3, -0.25) is 0 Å². The molecular formula is C40H28ClNS. The fourth-order valence-corrected chi connectivity index (χ4v) is 8.78. The van der Waals surface area contributed by atoms with E-state index in [-0.39, 0.29) is 5.41 Å². The maximum atomic E-state index is 6.55. The molecule has 0 N–H and O–H groups in total. The minimum absolute atomic E-state index is 0.0487. The van der Waals surface area contributed by atoms with Gasteiger partial charge in [0.05, 0.1) is 11.0 Å². The lowest BCUT2D eigenvalue weighted by Crippen LogP contribution is -2.14. The van der Waals surface area contributed by atoms with Crippen molar-refractivity contribution in [1.82, 2.24) is 4.57 Å². The van der Waals surface area contributed by atoms with Crippen molar-refractivity contribution in [2.24, 2.45) is 0 Å². The first kappa shape index (κ1) is 25.3. The van der Waals surface area contributed by atoms with Gasteiger partial charge in [-0.2, -0.15) is 0 Å². The summed E-state index contributed by atoms with van der Waals surface area (Å²) in [6.07, 6.45) is 0.879. The van der Waals surface area contributed by atoms with Crippen LogP contribution < -0.4 is 0 Å². The van der Waals surface area contributed by atoms with Crippen LogP contribution in [0.3, 0.4) is 0 Å². The zero-order valence-corrected chi connectivity index (χ0v) is 25.6. The van der Waals surface area contributed by atoms with Crippen LogP contribution in [-0.2, 0) is 11.8 Å². The Morgan fingerprint density at radius 3 is 2.28 bits per heavy atom. The summed E-state index contributed by atoms with van der Waals surface area (Å²) in [5, 5.41) is 3.43. The highest BCUT2D eigenvalue weighted by molar-refractivity contribution is 7.99. The molecular weight excluding hydrogens is 562 g/mol. The van der Waals surface area contributed by atoms with Crippen molar-refractivity contribution in [2.45, 2.75) is 35.5 Å². The van der Waals surface area contributed by atoms with Crippen LogP contribution in [0.5, 0.6) is 0 Å². The molecule has 0 amide bonds. The zero-order valence-electron chi connectivity index (χ0n) is 24.0. The highest BCUT2D eigenvalue weighted by Gasteiger charge is 2.36. The van der Waals surface area contributed by atoms with Gasteiger partial charge in [0, 0.05) is 43.1 Å². The van der Waals surface area contributed by atoms with Crippen molar-refractivity contribution in [1.29, 1.82) is 0 Å². The quantitative estimate of drug-likeness (QED) is 0.194. The highest BCUT2D eigenvalue weighted by Crippen LogP contribution is 2.51. The molecule has 0 saturated heterocycles. The topological polar surface area (TPSA) is 4.93 Å². The summed E-state index contributed by atoms with van der Waals surface area (Å²) in [7, 11) is 0. The fourth-order valence-electron chi connectivity index (χ4n) is 7.34. The lowest BCUT2D eigenvalue weighted by molar-refractivity contribution is 0.661. The molecule has 6 aromatic carbocycles. The summed E-state index contributed by atoms with van der Waals surface area (Å²) in [6, 6.07) is 44.7. The van der Waals surface area contributed by atoms with E-state index >= 15 is 0 Å². The zero-order chi connectivity index (χ0) is 28.9. The van der Waals surface area contributed by atoms with E-state index in [0.29, 0.717) is 0 Å². The van der Waals surface area contributed by atoms with E-state index in [9.17, 15) is 0 Å². The van der Waals surface area contributed by atoms with Gasteiger partial charge in [0.2, 0.25) is 0 Å². The predicted molar refractivity (Wildman–Crippen MR) is 182 cm³/mol. The summed E-state index contributed by atoms with van der Waals surface area (Å²) in [4.78, 5) is 2.58. The van der Waals surface area contributed by atoms with Gasteiger partial charge >= 0.3 is 0 Å². The molecule has 0 radical (unpaired) electrons. The molecule has 0 bridgehead atoms. The molecule has 1 aromatic heterocycles. The van der Waals surface area contributed by atoms with Crippen molar-refractivity contribution in [3.8, 4) is 27.9 Å². The number of rotatable bonds is 2. The second-order valence-electron chi connectivity index (χ2n) is 12.3. The molecule has 2 heterocycles. The Bertz CT molecular complexity index is 2280. The number of para-hydroxylation sites is 1. The van der Waals surface area contributed by atoms with Crippen LogP contribution in [-0.4, -0.2) is 4.57 Å². The summed E-state index contributed by atoms with van der Waals surface area (Å²) in [5.41, 5.74) is 14.2. The van der Waals surface area contributed by atoms with Gasteiger partial charge in [0.15, 0.2) is 0 Å². The van der Waals surface area contributed by atoms with Gasteiger partial charge in [-0.15, -0.1) is 0 Å². The van der Waals surface area contributed by atoms with Gasteiger partial charge in [-0.25, -0.2) is 0 Å². The van der Waals surface area contributed by atoms with E-state index in [1.54, 1.807) is 0 Å². The van der Waals surface area contributed by atoms with E-state index < -0.39 is 0 Å². The molecule has 0 atom stereocenters. The maximum absolute atomic E-state index is 6.55. The summed E-state index contributed by atoms with van der Waals surface area (Å²) in [5.74, 6) is 0. The molecule has 206 valence electrons. The van der Waals surface area contributed by atoms with Crippen molar-refractivity contribution < 1.29 is 0 Å². The largest absolute Gasteiger partial charge is 0.309 e. The molecule has 43 heavy (non-hydrogen) atoms. The highest BCUT2D eigenvalue weighted by atomic mass is 35.5. The SMILES string of the molecule is CC1(C)c2ccccc2-c2cc3c4cc(-c5ccc6c(c5)Sc5cccc(Cl)c5C6)ccc4n(-c4ccccc4)c3cc21. The van der Waals surface area contributed by atoms with Crippen molar-refractivity contribution >= 4 is 45.2 Å². The van der Waals surface area contributed by atoms with E-state index in [4.69, 9.17) is 11.6 Å². The van der Waals surface area contributed by atoms with Crippen LogP contribution in [0.1, 0.15) is 36.1 Å². The van der Waals surface area contributed by atoms with Gasteiger partial charge in [0.25, 0.3) is 0 Å². The molecule has 0 saturated carbocycles. The molecule has 1 nitrogen and oxygen atoms in total. The number of hydrogen-bond donors (Lipinski definition) is 0. The van der Waals surface area contributed by atoms with Gasteiger partial charge in [-0.1, -0.05) is 104 Å². The second-order valence-corrected chi connectivity index (χ2v) is 13.8. The second kappa shape index (κ2) is 9.13. The lowest BCUT2D eigenvalue weighted by Gasteiger charge is -2.21. The number of benzene rings is 6. The fraction of sp³-hybridized carbons (Fsp3) is 0.100. The van der Waals surface area contributed by atoms with Crippen LogP contribution in [0.4, 0.5) is 0 Å². The Morgan fingerprint density at radius 1 is 0.628 bits per heavy atom. The summed E-state index contributed by atoms with van der Waals surface area (Å²) >= 11 is 8.38. The van der Waals surface area contributed by atoms with E-state index in [2.05, 4.69) is 134 Å². The lowest BCUT2D eigenvalue weighted by atomic mass is 9.82. The number of nitrogens with zero attached hydrogens (tertiary/aromatic N) is 1. The molecule has 3 heteroatoms. The Labute approximate surface area is 260 Å².